The van der Waals surface area contributed by atoms with Crippen LogP contribution in [0.2, 0.25) is 0 Å². The molecule has 1 aliphatic heterocycles. The Hall–Kier alpha value is -1.89. The van der Waals surface area contributed by atoms with Gasteiger partial charge in [0.25, 0.3) is 0 Å². The number of benzene rings is 1. The Morgan fingerprint density at radius 3 is 2.43 bits per heavy atom. The van der Waals surface area contributed by atoms with E-state index >= 15 is 0 Å². The van der Waals surface area contributed by atoms with Gasteiger partial charge in [0.15, 0.2) is 0 Å². The number of nitrogens with zero attached hydrogens (tertiary/aromatic N) is 2. The van der Waals surface area contributed by atoms with E-state index in [9.17, 15) is 9.18 Å². The van der Waals surface area contributed by atoms with Crippen molar-refractivity contribution in [1.82, 2.24) is 4.90 Å². The highest BCUT2D eigenvalue weighted by Crippen LogP contribution is 2.29. The molecule has 0 aromatic heterocycles. The lowest BCUT2D eigenvalue weighted by Crippen LogP contribution is -2.38. The van der Waals surface area contributed by atoms with Crippen LogP contribution in [0.15, 0.2) is 24.3 Å². The van der Waals surface area contributed by atoms with Gasteiger partial charge < -0.3 is 4.90 Å². The standard InChI is InChI=1S/C19H25FN2O/c1-14(2)11-17(16-3-5-18(20)6-4-16)12-19(23)22-9-7-15(13-21)8-10-22/h3-6,14-15,17H,7-12H2,1-2H3. The average molecular weight is 316 g/mol. The predicted octanol–water partition coefficient (Wildman–Crippen LogP) is 4.11. The Labute approximate surface area is 138 Å². The van der Waals surface area contributed by atoms with Crippen LogP contribution in [0.5, 0.6) is 0 Å². The highest BCUT2D eigenvalue weighted by molar-refractivity contribution is 5.77. The molecule has 3 nitrogen and oxygen atoms in total. The number of hydrogen-bond donors (Lipinski definition) is 0. The number of carbonyl (C=O) groups is 1. The molecule has 0 bridgehead atoms. The third-order valence-electron chi connectivity index (χ3n) is 4.55. The Morgan fingerprint density at radius 1 is 1.30 bits per heavy atom. The second-order valence-electron chi connectivity index (χ2n) is 6.87. The summed E-state index contributed by atoms with van der Waals surface area (Å²) in [6, 6.07) is 8.79. The monoisotopic (exact) mass is 316 g/mol. The molecule has 0 radical (unpaired) electrons. The fraction of sp³-hybridized carbons (Fsp3) is 0.579. The Bertz CT molecular complexity index is 554. The smallest absolute Gasteiger partial charge is 0.223 e. The van der Waals surface area contributed by atoms with E-state index in [4.69, 9.17) is 5.26 Å². The summed E-state index contributed by atoms with van der Waals surface area (Å²) < 4.78 is 13.1. The summed E-state index contributed by atoms with van der Waals surface area (Å²) in [7, 11) is 0. The van der Waals surface area contributed by atoms with E-state index in [1.807, 2.05) is 4.90 Å². The summed E-state index contributed by atoms with van der Waals surface area (Å²) in [6.45, 7) is 5.63. The van der Waals surface area contributed by atoms with Gasteiger partial charge in [0.2, 0.25) is 5.91 Å². The Kier molecular flexibility index (Phi) is 6.15. The fourth-order valence-corrected chi connectivity index (χ4v) is 3.24. The molecule has 23 heavy (non-hydrogen) atoms. The first-order valence-corrected chi connectivity index (χ1v) is 8.42. The van der Waals surface area contributed by atoms with Crippen molar-refractivity contribution in [3.8, 4) is 6.07 Å². The predicted molar refractivity (Wildman–Crippen MR) is 88.1 cm³/mol. The van der Waals surface area contributed by atoms with E-state index in [0.717, 1.165) is 24.8 Å². The van der Waals surface area contributed by atoms with E-state index in [0.29, 0.717) is 25.4 Å². The number of likely N-dealkylation sites (tertiary alicyclic amines) is 1. The molecule has 1 heterocycles. The summed E-state index contributed by atoms with van der Waals surface area (Å²) in [6.07, 6.45) is 2.91. The minimum atomic E-state index is -0.248. The van der Waals surface area contributed by atoms with E-state index in [1.54, 1.807) is 12.1 Å². The number of hydrogen-bond acceptors (Lipinski definition) is 2. The van der Waals surface area contributed by atoms with Gasteiger partial charge in [0, 0.05) is 25.4 Å². The van der Waals surface area contributed by atoms with Crippen LogP contribution in [0, 0.1) is 29.0 Å². The molecule has 0 N–H and O–H groups in total. The molecule has 1 aliphatic rings. The minimum Gasteiger partial charge on any atom is -0.343 e. The maximum atomic E-state index is 13.1. The van der Waals surface area contributed by atoms with Gasteiger partial charge in [0.1, 0.15) is 5.82 Å². The normalized spacial score (nSPS) is 17.1. The molecule has 1 saturated heterocycles. The van der Waals surface area contributed by atoms with Crippen molar-refractivity contribution in [3.05, 3.63) is 35.6 Å². The molecular formula is C19H25FN2O. The topological polar surface area (TPSA) is 44.1 Å². The van der Waals surface area contributed by atoms with E-state index in [2.05, 4.69) is 19.9 Å². The average Bonchev–Trinajstić information content (AvgIpc) is 2.54. The molecule has 2 rings (SSSR count). The van der Waals surface area contributed by atoms with Gasteiger partial charge in [0.05, 0.1) is 6.07 Å². The third-order valence-corrected chi connectivity index (χ3v) is 4.55. The maximum absolute atomic E-state index is 13.1. The molecule has 124 valence electrons. The van der Waals surface area contributed by atoms with Gasteiger partial charge >= 0.3 is 0 Å². The molecule has 0 saturated carbocycles. The number of rotatable bonds is 5. The van der Waals surface area contributed by atoms with Crippen molar-refractivity contribution in [2.24, 2.45) is 11.8 Å². The molecule has 0 aliphatic carbocycles. The summed E-state index contributed by atoms with van der Waals surface area (Å²) in [5.74, 6) is 0.583. The zero-order valence-corrected chi connectivity index (χ0v) is 14.0. The van der Waals surface area contributed by atoms with Crippen LogP contribution < -0.4 is 0 Å². The summed E-state index contributed by atoms with van der Waals surface area (Å²) in [5.41, 5.74) is 1.03. The van der Waals surface area contributed by atoms with Crippen LogP contribution in [-0.4, -0.2) is 23.9 Å². The van der Waals surface area contributed by atoms with Crippen LogP contribution in [0.4, 0.5) is 4.39 Å². The summed E-state index contributed by atoms with van der Waals surface area (Å²) >= 11 is 0. The molecule has 1 unspecified atom stereocenters. The SMILES string of the molecule is CC(C)CC(CC(=O)N1CCC(C#N)CC1)c1ccc(F)cc1. The summed E-state index contributed by atoms with van der Waals surface area (Å²) in [5, 5.41) is 8.95. The summed E-state index contributed by atoms with van der Waals surface area (Å²) in [4.78, 5) is 14.5. The van der Waals surface area contributed by atoms with Gasteiger partial charge in [-0.1, -0.05) is 26.0 Å². The molecule has 4 heteroatoms. The molecule has 0 spiro atoms. The lowest BCUT2D eigenvalue weighted by molar-refractivity contribution is -0.132. The van der Waals surface area contributed by atoms with Gasteiger partial charge in [-0.3, -0.25) is 4.79 Å². The number of piperidine rings is 1. The Balaban J connectivity index is 2.01. The zero-order chi connectivity index (χ0) is 16.8. The van der Waals surface area contributed by atoms with Crippen molar-refractivity contribution in [2.45, 2.75) is 45.4 Å². The highest BCUT2D eigenvalue weighted by Gasteiger charge is 2.25. The van der Waals surface area contributed by atoms with Crippen molar-refractivity contribution in [2.75, 3.05) is 13.1 Å². The second kappa shape index (κ2) is 8.10. The Morgan fingerprint density at radius 2 is 1.91 bits per heavy atom. The third kappa shape index (κ3) is 5.06. The van der Waals surface area contributed by atoms with Crippen LogP contribution in [-0.2, 0) is 4.79 Å². The van der Waals surface area contributed by atoms with Crippen molar-refractivity contribution in [3.63, 3.8) is 0 Å². The van der Waals surface area contributed by atoms with Crippen LogP contribution in [0.1, 0.15) is 51.0 Å². The fourth-order valence-electron chi connectivity index (χ4n) is 3.24. The van der Waals surface area contributed by atoms with Gasteiger partial charge in [-0.2, -0.15) is 5.26 Å². The number of amides is 1. The molecular weight excluding hydrogens is 291 g/mol. The lowest BCUT2D eigenvalue weighted by atomic mass is 9.87. The van der Waals surface area contributed by atoms with Crippen molar-refractivity contribution in [1.29, 1.82) is 5.26 Å². The molecule has 1 aromatic rings. The molecule has 1 amide bonds. The molecule has 1 atom stereocenters. The minimum absolute atomic E-state index is 0.0857. The first-order valence-electron chi connectivity index (χ1n) is 8.42. The number of halogens is 1. The number of carbonyl (C=O) groups excluding carboxylic acids is 1. The first-order chi connectivity index (χ1) is 11.0. The molecule has 1 fully saturated rings. The van der Waals surface area contributed by atoms with Crippen LogP contribution in [0.25, 0.3) is 0 Å². The van der Waals surface area contributed by atoms with Crippen LogP contribution in [0.3, 0.4) is 0 Å². The van der Waals surface area contributed by atoms with E-state index < -0.39 is 0 Å². The zero-order valence-electron chi connectivity index (χ0n) is 14.0. The second-order valence-corrected chi connectivity index (χ2v) is 6.87. The van der Waals surface area contributed by atoms with E-state index in [1.165, 1.54) is 12.1 Å². The van der Waals surface area contributed by atoms with Gasteiger partial charge in [-0.25, -0.2) is 4.39 Å². The van der Waals surface area contributed by atoms with Crippen LogP contribution >= 0.6 is 0 Å². The highest BCUT2D eigenvalue weighted by atomic mass is 19.1. The van der Waals surface area contributed by atoms with Crippen molar-refractivity contribution < 1.29 is 9.18 Å². The number of nitriles is 1. The van der Waals surface area contributed by atoms with Crippen molar-refractivity contribution >= 4 is 5.91 Å². The quantitative estimate of drug-likeness (QED) is 0.820. The van der Waals surface area contributed by atoms with E-state index in [-0.39, 0.29) is 23.6 Å². The molecule has 1 aromatic carbocycles. The lowest BCUT2D eigenvalue weighted by Gasteiger charge is -2.31. The first kappa shape index (κ1) is 17.5. The van der Waals surface area contributed by atoms with Gasteiger partial charge in [-0.15, -0.1) is 0 Å². The largest absolute Gasteiger partial charge is 0.343 e. The maximum Gasteiger partial charge on any atom is 0.223 e. The van der Waals surface area contributed by atoms with Gasteiger partial charge in [-0.05, 0) is 48.8 Å².